The second-order valence-electron chi connectivity index (χ2n) is 6.95. The monoisotopic (exact) mass is 334 g/mol. The quantitative estimate of drug-likeness (QED) is 0.861. The second kappa shape index (κ2) is 7.55. The van der Waals surface area contributed by atoms with Gasteiger partial charge in [0.25, 0.3) is 0 Å². The SMILES string of the molecule is COC(=O)c1ccc(N2CCC(NC(=O)OC(C)(C)C)CC2)cc1. The molecule has 1 aliphatic rings. The van der Waals surface area contributed by atoms with Crippen LogP contribution >= 0.6 is 0 Å². The van der Waals surface area contributed by atoms with Gasteiger partial charge in [-0.15, -0.1) is 0 Å². The first-order valence-corrected chi connectivity index (χ1v) is 8.21. The molecule has 1 saturated heterocycles. The van der Waals surface area contributed by atoms with Gasteiger partial charge in [0.2, 0.25) is 0 Å². The van der Waals surface area contributed by atoms with Gasteiger partial charge in [0.15, 0.2) is 0 Å². The predicted octanol–water partition coefficient (Wildman–Crippen LogP) is 2.97. The molecule has 1 fully saturated rings. The largest absolute Gasteiger partial charge is 0.465 e. The molecule has 24 heavy (non-hydrogen) atoms. The van der Waals surface area contributed by atoms with Crippen molar-refractivity contribution >= 4 is 17.7 Å². The summed E-state index contributed by atoms with van der Waals surface area (Å²) in [6.07, 6.45) is 1.36. The number of piperidine rings is 1. The molecular formula is C18H26N2O4. The van der Waals surface area contributed by atoms with Gasteiger partial charge in [0.05, 0.1) is 12.7 Å². The highest BCUT2D eigenvalue weighted by Gasteiger charge is 2.23. The number of nitrogens with one attached hydrogen (secondary N) is 1. The van der Waals surface area contributed by atoms with E-state index in [1.807, 2.05) is 32.9 Å². The minimum Gasteiger partial charge on any atom is -0.465 e. The number of amides is 1. The number of rotatable bonds is 3. The van der Waals surface area contributed by atoms with E-state index in [0.717, 1.165) is 31.6 Å². The smallest absolute Gasteiger partial charge is 0.407 e. The molecule has 132 valence electrons. The third-order valence-electron chi connectivity index (χ3n) is 3.87. The fraction of sp³-hybridized carbons (Fsp3) is 0.556. The first-order chi connectivity index (χ1) is 11.3. The van der Waals surface area contributed by atoms with Crippen molar-refractivity contribution in [3.8, 4) is 0 Å². The molecule has 0 aromatic heterocycles. The summed E-state index contributed by atoms with van der Waals surface area (Å²) in [4.78, 5) is 25.5. The summed E-state index contributed by atoms with van der Waals surface area (Å²) in [5.41, 5.74) is 1.13. The Morgan fingerprint density at radius 3 is 2.21 bits per heavy atom. The lowest BCUT2D eigenvalue weighted by molar-refractivity contribution is 0.0496. The molecule has 0 spiro atoms. The van der Waals surface area contributed by atoms with Gasteiger partial charge in [-0.2, -0.15) is 0 Å². The molecule has 1 amide bonds. The Hall–Kier alpha value is -2.24. The molecule has 6 heteroatoms. The lowest BCUT2D eigenvalue weighted by Crippen LogP contribution is -2.46. The van der Waals surface area contributed by atoms with Gasteiger partial charge in [0, 0.05) is 24.8 Å². The zero-order chi connectivity index (χ0) is 17.7. The maximum absolute atomic E-state index is 11.8. The minimum absolute atomic E-state index is 0.130. The van der Waals surface area contributed by atoms with Crippen LogP contribution in [0.1, 0.15) is 44.0 Å². The summed E-state index contributed by atoms with van der Waals surface area (Å²) in [5.74, 6) is -0.332. The number of anilines is 1. The second-order valence-corrected chi connectivity index (χ2v) is 6.95. The van der Waals surface area contributed by atoms with Crippen LogP contribution in [0, 0.1) is 0 Å². The number of hydrogen-bond acceptors (Lipinski definition) is 5. The first kappa shape index (κ1) is 18.1. The lowest BCUT2D eigenvalue weighted by atomic mass is 10.0. The van der Waals surface area contributed by atoms with Crippen molar-refractivity contribution in [2.24, 2.45) is 0 Å². The Balaban J connectivity index is 1.84. The third-order valence-corrected chi connectivity index (χ3v) is 3.87. The van der Waals surface area contributed by atoms with E-state index in [2.05, 4.69) is 10.2 Å². The Bertz CT molecular complexity index is 570. The van der Waals surface area contributed by atoms with E-state index in [-0.39, 0.29) is 18.1 Å². The van der Waals surface area contributed by atoms with E-state index < -0.39 is 5.60 Å². The van der Waals surface area contributed by atoms with Gasteiger partial charge in [-0.25, -0.2) is 9.59 Å². The van der Waals surface area contributed by atoms with E-state index in [1.54, 1.807) is 12.1 Å². The van der Waals surface area contributed by atoms with Crippen LogP contribution < -0.4 is 10.2 Å². The molecule has 0 aliphatic carbocycles. The van der Waals surface area contributed by atoms with Crippen molar-refractivity contribution in [2.45, 2.75) is 45.3 Å². The molecule has 0 bridgehead atoms. The van der Waals surface area contributed by atoms with Crippen LogP contribution in [0.2, 0.25) is 0 Å². The summed E-state index contributed by atoms with van der Waals surface area (Å²) in [7, 11) is 1.37. The van der Waals surface area contributed by atoms with Gasteiger partial charge in [0.1, 0.15) is 5.60 Å². The number of esters is 1. The molecule has 1 aromatic carbocycles. The molecule has 1 aromatic rings. The first-order valence-electron chi connectivity index (χ1n) is 8.21. The molecule has 0 unspecified atom stereocenters. The van der Waals surface area contributed by atoms with Crippen molar-refractivity contribution < 1.29 is 19.1 Å². The molecule has 0 atom stereocenters. The van der Waals surface area contributed by atoms with Crippen LogP contribution in [-0.4, -0.2) is 43.9 Å². The molecule has 1 aliphatic heterocycles. The number of methoxy groups -OCH3 is 1. The van der Waals surface area contributed by atoms with Gasteiger partial charge in [-0.1, -0.05) is 0 Å². The van der Waals surface area contributed by atoms with Gasteiger partial charge in [-0.05, 0) is 57.9 Å². The number of hydrogen-bond donors (Lipinski definition) is 1. The van der Waals surface area contributed by atoms with Gasteiger partial charge in [-0.3, -0.25) is 0 Å². The highest BCUT2D eigenvalue weighted by atomic mass is 16.6. The topological polar surface area (TPSA) is 67.9 Å². The van der Waals surface area contributed by atoms with Crippen molar-refractivity contribution in [1.82, 2.24) is 5.32 Å². The minimum atomic E-state index is -0.480. The fourth-order valence-corrected chi connectivity index (χ4v) is 2.68. The number of carbonyl (C=O) groups is 2. The van der Waals surface area contributed by atoms with E-state index >= 15 is 0 Å². The van der Waals surface area contributed by atoms with Crippen LogP contribution in [0.15, 0.2) is 24.3 Å². The highest BCUT2D eigenvalue weighted by Crippen LogP contribution is 2.21. The number of carbonyl (C=O) groups excluding carboxylic acids is 2. The Morgan fingerprint density at radius 1 is 1.12 bits per heavy atom. The molecule has 1 N–H and O–H groups in total. The summed E-state index contributed by atoms with van der Waals surface area (Å²) in [6.45, 7) is 7.25. The molecule has 0 radical (unpaired) electrons. The van der Waals surface area contributed by atoms with Crippen LogP contribution in [0.25, 0.3) is 0 Å². The Morgan fingerprint density at radius 2 is 1.71 bits per heavy atom. The zero-order valence-corrected chi connectivity index (χ0v) is 14.8. The van der Waals surface area contributed by atoms with E-state index in [0.29, 0.717) is 5.56 Å². The van der Waals surface area contributed by atoms with Crippen LogP contribution in [0.4, 0.5) is 10.5 Å². The summed E-state index contributed by atoms with van der Waals surface area (Å²) in [5, 5.41) is 2.93. The fourth-order valence-electron chi connectivity index (χ4n) is 2.68. The van der Waals surface area contributed by atoms with Crippen molar-refractivity contribution in [3.63, 3.8) is 0 Å². The van der Waals surface area contributed by atoms with Crippen molar-refractivity contribution in [3.05, 3.63) is 29.8 Å². The van der Waals surface area contributed by atoms with Gasteiger partial charge >= 0.3 is 12.1 Å². The number of nitrogens with zero attached hydrogens (tertiary/aromatic N) is 1. The highest BCUT2D eigenvalue weighted by molar-refractivity contribution is 5.89. The standard InChI is InChI=1S/C18H26N2O4/c1-18(2,3)24-17(22)19-14-9-11-20(12-10-14)15-7-5-13(6-8-15)16(21)23-4/h5-8,14H,9-12H2,1-4H3,(H,19,22). The van der Waals surface area contributed by atoms with Crippen LogP contribution in [0.3, 0.4) is 0 Å². The normalized spacial score (nSPS) is 15.8. The molecule has 0 saturated carbocycles. The average Bonchev–Trinajstić information content (AvgIpc) is 2.53. The molecule has 2 rings (SSSR count). The van der Waals surface area contributed by atoms with E-state index in [4.69, 9.17) is 9.47 Å². The number of benzene rings is 1. The maximum atomic E-state index is 11.8. The molecule has 6 nitrogen and oxygen atoms in total. The summed E-state index contributed by atoms with van der Waals surface area (Å²) < 4.78 is 9.99. The van der Waals surface area contributed by atoms with Crippen molar-refractivity contribution in [1.29, 1.82) is 0 Å². The number of alkyl carbamates (subject to hydrolysis) is 1. The Kier molecular flexibility index (Phi) is 5.70. The predicted molar refractivity (Wildman–Crippen MR) is 92.4 cm³/mol. The van der Waals surface area contributed by atoms with Crippen molar-refractivity contribution in [2.75, 3.05) is 25.1 Å². The molecular weight excluding hydrogens is 308 g/mol. The van der Waals surface area contributed by atoms with Gasteiger partial charge < -0.3 is 19.7 Å². The summed E-state index contributed by atoms with van der Waals surface area (Å²) in [6, 6.07) is 7.52. The van der Waals surface area contributed by atoms with E-state index in [9.17, 15) is 9.59 Å². The average molecular weight is 334 g/mol. The van der Waals surface area contributed by atoms with Crippen LogP contribution in [-0.2, 0) is 9.47 Å². The molecule has 1 heterocycles. The number of ether oxygens (including phenoxy) is 2. The Labute approximate surface area is 143 Å². The maximum Gasteiger partial charge on any atom is 0.407 e. The van der Waals surface area contributed by atoms with Crippen LogP contribution in [0.5, 0.6) is 0 Å². The van der Waals surface area contributed by atoms with E-state index in [1.165, 1.54) is 7.11 Å². The zero-order valence-electron chi connectivity index (χ0n) is 14.8. The summed E-state index contributed by atoms with van der Waals surface area (Å²) >= 11 is 0. The third kappa shape index (κ3) is 5.15. The lowest BCUT2D eigenvalue weighted by Gasteiger charge is -2.34.